The Bertz CT molecular complexity index is 394. The molecule has 0 saturated carbocycles. The predicted octanol–water partition coefficient (Wildman–Crippen LogP) is 2.05. The van der Waals surface area contributed by atoms with Crippen LogP contribution in [0.1, 0.15) is 17.5 Å². The second-order valence-electron chi connectivity index (χ2n) is 4.83. The number of benzene rings is 1. The summed E-state index contributed by atoms with van der Waals surface area (Å²) in [6.45, 7) is 5.17. The number of rotatable bonds is 8. The van der Waals surface area contributed by atoms with Gasteiger partial charge in [0, 0.05) is 6.54 Å². The van der Waals surface area contributed by atoms with E-state index in [1.54, 1.807) is 14.2 Å². The van der Waals surface area contributed by atoms with Gasteiger partial charge in [0.15, 0.2) is 11.5 Å². The molecular weight excluding hydrogens is 240 g/mol. The molecule has 0 aliphatic rings. The van der Waals surface area contributed by atoms with E-state index in [1.165, 1.54) is 11.1 Å². The minimum atomic E-state index is 0.793. The Balaban J connectivity index is 2.72. The second kappa shape index (κ2) is 8.02. The quantitative estimate of drug-likeness (QED) is 0.730. The van der Waals surface area contributed by atoms with Gasteiger partial charge in [-0.15, -0.1) is 0 Å². The lowest BCUT2D eigenvalue weighted by atomic mass is 10.1. The van der Waals surface area contributed by atoms with E-state index in [1.807, 2.05) is 13.1 Å². The van der Waals surface area contributed by atoms with Gasteiger partial charge in [-0.05, 0) is 63.8 Å². The fraction of sp³-hybridized carbons (Fsp3) is 0.600. The van der Waals surface area contributed by atoms with Gasteiger partial charge >= 0.3 is 0 Å². The Labute approximate surface area is 116 Å². The zero-order valence-corrected chi connectivity index (χ0v) is 12.7. The van der Waals surface area contributed by atoms with Crippen molar-refractivity contribution in [1.82, 2.24) is 10.2 Å². The van der Waals surface area contributed by atoms with Gasteiger partial charge in [0.2, 0.25) is 0 Å². The molecule has 0 spiro atoms. The van der Waals surface area contributed by atoms with Crippen molar-refractivity contribution in [2.24, 2.45) is 0 Å². The smallest absolute Gasteiger partial charge is 0.161 e. The number of nitrogens with one attached hydrogen (secondary N) is 1. The molecular formula is C15H26N2O2. The summed E-state index contributed by atoms with van der Waals surface area (Å²) in [5, 5.41) is 3.17. The van der Waals surface area contributed by atoms with Crippen molar-refractivity contribution in [2.45, 2.75) is 19.9 Å². The molecule has 0 aromatic heterocycles. The molecule has 1 aromatic rings. The van der Waals surface area contributed by atoms with Crippen LogP contribution in [0.4, 0.5) is 0 Å². The van der Waals surface area contributed by atoms with Gasteiger partial charge in [-0.3, -0.25) is 0 Å². The molecule has 0 aliphatic carbocycles. The predicted molar refractivity (Wildman–Crippen MR) is 79.2 cm³/mol. The van der Waals surface area contributed by atoms with Crippen LogP contribution in [-0.4, -0.2) is 46.3 Å². The fourth-order valence-corrected chi connectivity index (χ4v) is 2.09. The maximum absolute atomic E-state index is 5.36. The highest BCUT2D eigenvalue weighted by atomic mass is 16.5. The summed E-state index contributed by atoms with van der Waals surface area (Å²) < 4.78 is 10.7. The Kier molecular flexibility index (Phi) is 6.67. The van der Waals surface area contributed by atoms with Crippen molar-refractivity contribution in [3.63, 3.8) is 0 Å². The SMILES string of the molecule is CNCCCN(C)Cc1cc(OC)c(OC)cc1C. The highest BCUT2D eigenvalue weighted by Gasteiger charge is 2.10. The standard InChI is InChI=1S/C15H26N2O2/c1-12-9-14(18-4)15(19-5)10-13(12)11-17(3)8-6-7-16-2/h9-10,16H,6-8,11H2,1-5H3. The second-order valence-corrected chi connectivity index (χ2v) is 4.83. The highest BCUT2D eigenvalue weighted by molar-refractivity contribution is 5.46. The molecule has 4 nitrogen and oxygen atoms in total. The molecule has 108 valence electrons. The Morgan fingerprint density at radius 1 is 1.16 bits per heavy atom. The zero-order chi connectivity index (χ0) is 14.3. The van der Waals surface area contributed by atoms with Crippen molar-refractivity contribution in [3.8, 4) is 11.5 Å². The van der Waals surface area contributed by atoms with Crippen LogP contribution in [-0.2, 0) is 6.54 Å². The molecule has 0 atom stereocenters. The lowest BCUT2D eigenvalue weighted by Crippen LogP contribution is -2.22. The van der Waals surface area contributed by atoms with Crippen molar-refractivity contribution in [3.05, 3.63) is 23.3 Å². The third-order valence-corrected chi connectivity index (χ3v) is 3.25. The minimum Gasteiger partial charge on any atom is -0.493 e. The number of hydrogen-bond acceptors (Lipinski definition) is 4. The summed E-state index contributed by atoms with van der Waals surface area (Å²) in [5.74, 6) is 1.59. The molecule has 1 N–H and O–H groups in total. The summed E-state index contributed by atoms with van der Waals surface area (Å²) in [4.78, 5) is 2.32. The monoisotopic (exact) mass is 266 g/mol. The van der Waals surface area contributed by atoms with Crippen molar-refractivity contribution >= 4 is 0 Å². The van der Waals surface area contributed by atoms with Gasteiger partial charge in [0.25, 0.3) is 0 Å². The van der Waals surface area contributed by atoms with Crippen molar-refractivity contribution < 1.29 is 9.47 Å². The van der Waals surface area contributed by atoms with Crippen molar-refractivity contribution in [1.29, 1.82) is 0 Å². The first kappa shape index (κ1) is 15.8. The molecule has 0 saturated heterocycles. The van der Waals surface area contributed by atoms with E-state index < -0.39 is 0 Å². The fourth-order valence-electron chi connectivity index (χ4n) is 2.09. The number of nitrogens with zero attached hydrogens (tertiary/aromatic N) is 1. The largest absolute Gasteiger partial charge is 0.493 e. The van der Waals surface area contributed by atoms with Crippen LogP contribution >= 0.6 is 0 Å². The topological polar surface area (TPSA) is 33.7 Å². The molecule has 1 rings (SSSR count). The molecule has 0 amide bonds. The van der Waals surface area contributed by atoms with Crippen LogP contribution in [0.25, 0.3) is 0 Å². The Hall–Kier alpha value is -1.26. The van der Waals surface area contributed by atoms with E-state index in [4.69, 9.17) is 9.47 Å². The van der Waals surface area contributed by atoms with Crippen molar-refractivity contribution in [2.75, 3.05) is 41.4 Å². The molecule has 0 unspecified atom stereocenters. The Morgan fingerprint density at radius 2 is 1.79 bits per heavy atom. The number of aryl methyl sites for hydroxylation is 1. The molecule has 1 aromatic carbocycles. The number of hydrogen-bond donors (Lipinski definition) is 1. The van der Waals surface area contributed by atoms with Crippen LogP contribution in [0, 0.1) is 6.92 Å². The third-order valence-electron chi connectivity index (χ3n) is 3.25. The Morgan fingerprint density at radius 3 is 2.37 bits per heavy atom. The van der Waals surface area contributed by atoms with Gasteiger partial charge in [0.1, 0.15) is 0 Å². The van der Waals surface area contributed by atoms with E-state index in [-0.39, 0.29) is 0 Å². The van der Waals surface area contributed by atoms with Gasteiger partial charge < -0.3 is 19.7 Å². The molecule has 4 heteroatoms. The van der Waals surface area contributed by atoms with Crippen LogP contribution in [0.15, 0.2) is 12.1 Å². The van der Waals surface area contributed by atoms with Crippen LogP contribution < -0.4 is 14.8 Å². The molecule has 0 aliphatic heterocycles. The normalized spacial score (nSPS) is 10.8. The first-order valence-electron chi connectivity index (χ1n) is 6.67. The van der Waals surface area contributed by atoms with Crippen LogP contribution in [0.2, 0.25) is 0 Å². The van der Waals surface area contributed by atoms with Gasteiger partial charge in [0.05, 0.1) is 14.2 Å². The molecule has 0 fully saturated rings. The number of ether oxygens (including phenoxy) is 2. The molecule has 19 heavy (non-hydrogen) atoms. The minimum absolute atomic E-state index is 0.793. The van der Waals surface area contributed by atoms with Crippen LogP contribution in [0.3, 0.4) is 0 Å². The lowest BCUT2D eigenvalue weighted by Gasteiger charge is -2.19. The first-order chi connectivity index (χ1) is 9.12. The maximum atomic E-state index is 5.36. The summed E-state index contributed by atoms with van der Waals surface area (Å²) in [7, 11) is 7.47. The lowest BCUT2D eigenvalue weighted by molar-refractivity contribution is 0.317. The third kappa shape index (κ3) is 4.73. The molecule has 0 radical (unpaired) electrons. The zero-order valence-electron chi connectivity index (χ0n) is 12.7. The van der Waals surface area contributed by atoms with Gasteiger partial charge in [-0.2, -0.15) is 0 Å². The number of methoxy groups -OCH3 is 2. The average molecular weight is 266 g/mol. The molecule has 0 bridgehead atoms. The van der Waals surface area contributed by atoms with E-state index >= 15 is 0 Å². The molecule has 0 heterocycles. The van der Waals surface area contributed by atoms with E-state index in [9.17, 15) is 0 Å². The van der Waals surface area contributed by atoms with E-state index in [2.05, 4.69) is 30.3 Å². The summed E-state index contributed by atoms with van der Waals surface area (Å²) in [5.41, 5.74) is 2.52. The first-order valence-corrected chi connectivity index (χ1v) is 6.67. The average Bonchev–Trinajstić information content (AvgIpc) is 2.40. The van der Waals surface area contributed by atoms with Gasteiger partial charge in [-0.1, -0.05) is 0 Å². The van der Waals surface area contributed by atoms with E-state index in [0.29, 0.717) is 0 Å². The summed E-state index contributed by atoms with van der Waals surface area (Å²) in [6.07, 6.45) is 1.15. The summed E-state index contributed by atoms with van der Waals surface area (Å²) in [6, 6.07) is 4.11. The van der Waals surface area contributed by atoms with E-state index in [0.717, 1.165) is 37.6 Å². The van der Waals surface area contributed by atoms with Crippen LogP contribution in [0.5, 0.6) is 11.5 Å². The van der Waals surface area contributed by atoms with Gasteiger partial charge in [-0.25, -0.2) is 0 Å². The maximum Gasteiger partial charge on any atom is 0.161 e. The summed E-state index contributed by atoms with van der Waals surface area (Å²) >= 11 is 0. The highest BCUT2D eigenvalue weighted by Crippen LogP contribution is 2.30.